The van der Waals surface area contributed by atoms with Gasteiger partial charge in [0.1, 0.15) is 16.7 Å². The number of hydrogen-bond acceptors (Lipinski definition) is 7. The highest BCUT2D eigenvalue weighted by Crippen LogP contribution is 2.37. The second kappa shape index (κ2) is 12.4. The minimum atomic E-state index is -0.989. The summed E-state index contributed by atoms with van der Waals surface area (Å²) in [5.74, 6) is -0.690. The first kappa shape index (κ1) is 26.9. The maximum Gasteiger partial charge on any atom is 0.305 e. The van der Waals surface area contributed by atoms with Crippen LogP contribution in [0.15, 0.2) is 41.3 Å². The van der Waals surface area contributed by atoms with Crippen molar-refractivity contribution in [3.8, 4) is 16.9 Å². The van der Waals surface area contributed by atoms with Crippen LogP contribution in [0.4, 0.5) is 0 Å². The highest BCUT2D eigenvalue weighted by Gasteiger charge is 2.32. The molecule has 0 saturated carbocycles. The first-order valence-electron chi connectivity index (χ1n) is 11.3. The Labute approximate surface area is 228 Å². The highest BCUT2D eigenvalue weighted by atomic mass is 35.5. The number of hydrogen-bond donors (Lipinski definition) is 1. The lowest BCUT2D eigenvalue weighted by atomic mass is 10.0. The Morgan fingerprint density at radius 3 is 2.67 bits per heavy atom. The SMILES string of the molecule is O=C(O)CCN1C(=O)/C(=C/c2cc(-c3ccc(Cl)cc3Cl)ccc2OCCN2CCOCC2)SC1=S. The number of rotatable bonds is 9. The summed E-state index contributed by atoms with van der Waals surface area (Å²) in [5.41, 5.74) is 2.33. The Balaban J connectivity index is 1.61. The lowest BCUT2D eigenvalue weighted by Crippen LogP contribution is -2.38. The number of thiocarbonyl (C=S) groups is 1. The topological polar surface area (TPSA) is 79.3 Å². The van der Waals surface area contributed by atoms with E-state index in [1.165, 1.54) is 4.90 Å². The largest absolute Gasteiger partial charge is 0.492 e. The van der Waals surface area contributed by atoms with Crippen LogP contribution >= 0.6 is 47.2 Å². The van der Waals surface area contributed by atoms with Crippen LogP contribution in [0.25, 0.3) is 17.2 Å². The molecule has 0 aromatic heterocycles. The van der Waals surface area contributed by atoms with Crippen LogP contribution in [0.1, 0.15) is 12.0 Å². The maximum atomic E-state index is 13.0. The molecule has 2 aromatic rings. The number of morpholine rings is 1. The lowest BCUT2D eigenvalue weighted by molar-refractivity contribution is -0.137. The van der Waals surface area contributed by atoms with Gasteiger partial charge in [0.25, 0.3) is 5.91 Å². The summed E-state index contributed by atoms with van der Waals surface area (Å²) in [5, 5.41) is 10.0. The van der Waals surface area contributed by atoms with Crippen molar-refractivity contribution in [2.24, 2.45) is 0 Å². The van der Waals surface area contributed by atoms with E-state index in [-0.39, 0.29) is 18.9 Å². The van der Waals surface area contributed by atoms with Crippen molar-refractivity contribution in [2.45, 2.75) is 6.42 Å². The standard InChI is InChI=1S/C25H24Cl2N2O5S2/c26-18-2-3-19(20(27)15-18)16-1-4-21(34-12-9-28-7-10-33-11-8-28)17(13-16)14-22-24(32)29(25(35)36-22)6-5-23(30)31/h1-4,13-15H,5-12H2,(H,30,31)/b22-14-. The van der Waals surface area contributed by atoms with Crippen LogP contribution in [0, 0.1) is 0 Å². The van der Waals surface area contributed by atoms with Crippen molar-refractivity contribution < 1.29 is 24.2 Å². The van der Waals surface area contributed by atoms with Crippen molar-refractivity contribution in [3.63, 3.8) is 0 Å². The molecule has 2 fully saturated rings. The Morgan fingerprint density at radius 1 is 1.17 bits per heavy atom. The van der Waals surface area contributed by atoms with Gasteiger partial charge >= 0.3 is 5.97 Å². The minimum absolute atomic E-state index is 0.0284. The summed E-state index contributed by atoms with van der Waals surface area (Å²) in [6.45, 7) is 4.41. The number of carbonyl (C=O) groups excluding carboxylic acids is 1. The molecular weight excluding hydrogens is 543 g/mol. The van der Waals surface area contributed by atoms with E-state index in [9.17, 15) is 9.59 Å². The first-order valence-corrected chi connectivity index (χ1v) is 13.3. The Kier molecular flexibility index (Phi) is 9.27. The summed E-state index contributed by atoms with van der Waals surface area (Å²) < 4.78 is 11.9. The van der Waals surface area contributed by atoms with E-state index in [0.717, 1.165) is 42.5 Å². The monoisotopic (exact) mass is 566 g/mol. The van der Waals surface area contributed by atoms with Crippen molar-refractivity contribution >= 4 is 69.5 Å². The molecule has 0 unspecified atom stereocenters. The molecule has 0 radical (unpaired) electrons. The molecule has 1 amide bonds. The van der Waals surface area contributed by atoms with Crippen LogP contribution in [-0.4, -0.2) is 77.1 Å². The number of carboxylic acids is 1. The molecule has 190 valence electrons. The van der Waals surface area contributed by atoms with E-state index in [0.29, 0.717) is 50.4 Å². The zero-order chi connectivity index (χ0) is 25.7. The van der Waals surface area contributed by atoms with Gasteiger partial charge in [-0.2, -0.15) is 0 Å². The van der Waals surface area contributed by atoms with Gasteiger partial charge in [-0.1, -0.05) is 59.3 Å². The second-order valence-electron chi connectivity index (χ2n) is 8.16. The maximum absolute atomic E-state index is 13.0. The van der Waals surface area contributed by atoms with Crippen LogP contribution in [0.5, 0.6) is 5.75 Å². The van der Waals surface area contributed by atoms with Gasteiger partial charge in [-0.15, -0.1) is 0 Å². The van der Waals surface area contributed by atoms with Gasteiger partial charge in [0, 0.05) is 47.4 Å². The smallest absolute Gasteiger partial charge is 0.305 e. The molecule has 0 spiro atoms. The molecule has 2 aromatic carbocycles. The number of thioether (sulfide) groups is 1. The number of halogens is 2. The second-order valence-corrected chi connectivity index (χ2v) is 10.7. The van der Waals surface area contributed by atoms with Gasteiger partial charge in [0.2, 0.25) is 0 Å². The number of carboxylic acid groups (broad SMARTS) is 1. The van der Waals surface area contributed by atoms with Gasteiger partial charge in [-0.05, 0) is 35.9 Å². The molecule has 0 aliphatic carbocycles. The van der Waals surface area contributed by atoms with E-state index in [1.807, 2.05) is 24.3 Å². The molecular formula is C25H24Cl2N2O5S2. The third-order valence-electron chi connectivity index (χ3n) is 5.73. The van der Waals surface area contributed by atoms with Crippen LogP contribution in [-0.2, 0) is 14.3 Å². The van der Waals surface area contributed by atoms with E-state index < -0.39 is 5.97 Å². The van der Waals surface area contributed by atoms with Gasteiger partial charge in [-0.25, -0.2) is 0 Å². The minimum Gasteiger partial charge on any atom is -0.492 e. The van der Waals surface area contributed by atoms with Gasteiger partial charge < -0.3 is 14.6 Å². The Bertz CT molecular complexity index is 1200. The molecule has 4 rings (SSSR count). The summed E-state index contributed by atoms with van der Waals surface area (Å²) in [6, 6.07) is 11.0. The van der Waals surface area contributed by atoms with Gasteiger partial charge in [0.05, 0.1) is 24.5 Å². The third-order valence-corrected chi connectivity index (χ3v) is 7.66. The van der Waals surface area contributed by atoms with Crippen molar-refractivity contribution in [2.75, 3.05) is 46.0 Å². The highest BCUT2D eigenvalue weighted by molar-refractivity contribution is 8.26. The van der Waals surface area contributed by atoms with Crippen molar-refractivity contribution in [3.05, 3.63) is 56.9 Å². The molecule has 0 atom stereocenters. The first-order chi connectivity index (χ1) is 17.3. The predicted molar refractivity (Wildman–Crippen MR) is 147 cm³/mol. The van der Waals surface area contributed by atoms with Crippen molar-refractivity contribution in [1.82, 2.24) is 9.80 Å². The Hall–Kier alpha value is -2.14. The van der Waals surface area contributed by atoms with Crippen molar-refractivity contribution in [1.29, 1.82) is 0 Å². The zero-order valence-electron chi connectivity index (χ0n) is 19.2. The fourth-order valence-electron chi connectivity index (χ4n) is 3.83. The molecule has 0 bridgehead atoms. The number of aliphatic carboxylic acids is 1. The molecule has 1 N–H and O–H groups in total. The summed E-state index contributed by atoms with van der Waals surface area (Å²) in [6.07, 6.45) is 1.55. The number of benzene rings is 2. The third kappa shape index (κ3) is 6.79. The molecule has 2 aliphatic heterocycles. The van der Waals surface area contributed by atoms with E-state index >= 15 is 0 Å². The van der Waals surface area contributed by atoms with Crippen LogP contribution in [0.2, 0.25) is 10.0 Å². The van der Waals surface area contributed by atoms with E-state index in [2.05, 4.69) is 4.90 Å². The summed E-state index contributed by atoms with van der Waals surface area (Å²) in [4.78, 5) is 27.9. The zero-order valence-corrected chi connectivity index (χ0v) is 22.4. The molecule has 2 heterocycles. The average molecular weight is 568 g/mol. The quantitative estimate of drug-likeness (QED) is 0.334. The van der Waals surface area contributed by atoms with E-state index in [1.54, 1.807) is 18.2 Å². The fourth-order valence-corrected chi connectivity index (χ4v) is 5.65. The van der Waals surface area contributed by atoms with Crippen LogP contribution in [0.3, 0.4) is 0 Å². The van der Waals surface area contributed by atoms with Crippen LogP contribution < -0.4 is 4.74 Å². The van der Waals surface area contributed by atoms with E-state index in [4.69, 9.17) is 50.0 Å². The number of nitrogens with zero attached hydrogens (tertiary/aromatic N) is 2. The number of amides is 1. The number of carbonyl (C=O) groups is 2. The molecule has 36 heavy (non-hydrogen) atoms. The summed E-state index contributed by atoms with van der Waals surface area (Å²) in [7, 11) is 0. The molecule has 11 heteroatoms. The average Bonchev–Trinajstić information content (AvgIpc) is 3.11. The molecule has 7 nitrogen and oxygen atoms in total. The number of ether oxygens (including phenoxy) is 2. The normalized spacial score (nSPS) is 17.7. The van der Waals surface area contributed by atoms with Gasteiger partial charge in [0.15, 0.2) is 0 Å². The molecule has 2 aliphatic rings. The lowest BCUT2D eigenvalue weighted by Gasteiger charge is -2.26. The van der Waals surface area contributed by atoms with Gasteiger partial charge in [-0.3, -0.25) is 19.4 Å². The fraction of sp³-hybridized carbons (Fsp3) is 0.320. The predicted octanol–water partition coefficient (Wildman–Crippen LogP) is 5.05. The summed E-state index contributed by atoms with van der Waals surface area (Å²) >= 11 is 19.0. The molecule has 2 saturated heterocycles. The Morgan fingerprint density at radius 2 is 1.94 bits per heavy atom.